The van der Waals surface area contributed by atoms with E-state index in [0.29, 0.717) is 5.41 Å². The highest BCUT2D eigenvalue weighted by atomic mass is 16.5. The van der Waals surface area contributed by atoms with E-state index in [1.54, 1.807) is 7.11 Å². The van der Waals surface area contributed by atoms with Crippen LogP contribution in [0.2, 0.25) is 0 Å². The molecule has 3 nitrogen and oxygen atoms in total. The molecule has 1 fully saturated rings. The zero-order valence-electron chi connectivity index (χ0n) is 12.6. The second-order valence-electron chi connectivity index (χ2n) is 6.22. The van der Waals surface area contributed by atoms with Crippen LogP contribution in [-0.4, -0.2) is 39.9 Å². The lowest BCUT2D eigenvalue weighted by molar-refractivity contribution is 0.198. The molecular weight excluding hydrogens is 224 g/mol. The minimum Gasteiger partial charge on any atom is -0.383 e. The standard InChI is InChI=1S/C15H32N2O/c1-14(2)12-15(6-4-5-7-15)13-17-9-8-16-10-11-18-3/h14,16-17H,4-13H2,1-3H3. The molecule has 0 bridgehead atoms. The van der Waals surface area contributed by atoms with Gasteiger partial charge in [0.25, 0.3) is 0 Å². The second-order valence-corrected chi connectivity index (χ2v) is 6.22. The van der Waals surface area contributed by atoms with Crippen LogP contribution in [-0.2, 0) is 4.74 Å². The minimum atomic E-state index is 0.598. The van der Waals surface area contributed by atoms with Crippen molar-refractivity contribution in [2.75, 3.05) is 39.9 Å². The van der Waals surface area contributed by atoms with Crippen LogP contribution in [0.4, 0.5) is 0 Å². The molecule has 3 heteroatoms. The number of hydrogen-bond donors (Lipinski definition) is 2. The molecule has 2 N–H and O–H groups in total. The largest absolute Gasteiger partial charge is 0.383 e. The summed E-state index contributed by atoms with van der Waals surface area (Å²) in [6.45, 7) is 9.78. The molecule has 0 unspecified atom stereocenters. The fraction of sp³-hybridized carbons (Fsp3) is 1.00. The number of rotatable bonds is 10. The number of methoxy groups -OCH3 is 1. The summed E-state index contributed by atoms with van der Waals surface area (Å²) in [7, 11) is 1.75. The normalized spacial score (nSPS) is 18.7. The lowest BCUT2D eigenvalue weighted by Crippen LogP contribution is -2.37. The smallest absolute Gasteiger partial charge is 0.0587 e. The van der Waals surface area contributed by atoms with Crippen LogP contribution in [0, 0.1) is 11.3 Å². The molecule has 0 aromatic rings. The van der Waals surface area contributed by atoms with Crippen LogP contribution in [0.1, 0.15) is 46.0 Å². The molecule has 1 saturated carbocycles. The Balaban J connectivity index is 2.11. The van der Waals surface area contributed by atoms with Gasteiger partial charge in [0.15, 0.2) is 0 Å². The molecule has 1 rings (SSSR count). The van der Waals surface area contributed by atoms with E-state index in [-0.39, 0.29) is 0 Å². The maximum absolute atomic E-state index is 5.01. The van der Waals surface area contributed by atoms with E-state index < -0.39 is 0 Å². The van der Waals surface area contributed by atoms with Gasteiger partial charge in [-0.25, -0.2) is 0 Å². The minimum absolute atomic E-state index is 0.598. The Morgan fingerprint density at radius 2 is 1.72 bits per heavy atom. The quantitative estimate of drug-likeness (QED) is 0.589. The average Bonchev–Trinajstić information content (AvgIpc) is 2.76. The molecule has 0 aliphatic heterocycles. The lowest BCUT2D eigenvalue weighted by atomic mass is 9.78. The summed E-state index contributed by atoms with van der Waals surface area (Å²) < 4.78 is 5.01. The molecular formula is C15H32N2O. The molecule has 1 aliphatic rings. The first-order valence-corrected chi connectivity index (χ1v) is 7.59. The van der Waals surface area contributed by atoms with Gasteiger partial charge in [-0.1, -0.05) is 26.7 Å². The van der Waals surface area contributed by atoms with Crippen molar-refractivity contribution in [3.63, 3.8) is 0 Å². The molecule has 0 spiro atoms. The molecule has 0 saturated heterocycles. The third-order valence-electron chi connectivity index (χ3n) is 3.97. The highest BCUT2D eigenvalue weighted by Crippen LogP contribution is 2.42. The van der Waals surface area contributed by atoms with E-state index in [1.165, 1.54) is 38.6 Å². The molecule has 0 aromatic carbocycles. The molecule has 18 heavy (non-hydrogen) atoms. The van der Waals surface area contributed by atoms with E-state index >= 15 is 0 Å². The van der Waals surface area contributed by atoms with E-state index in [4.69, 9.17) is 4.74 Å². The summed E-state index contributed by atoms with van der Waals surface area (Å²) in [4.78, 5) is 0. The van der Waals surface area contributed by atoms with Gasteiger partial charge in [0.05, 0.1) is 6.61 Å². The van der Waals surface area contributed by atoms with E-state index in [2.05, 4.69) is 24.5 Å². The summed E-state index contributed by atoms with van der Waals surface area (Å²) in [6.07, 6.45) is 7.10. The van der Waals surface area contributed by atoms with Crippen molar-refractivity contribution in [1.29, 1.82) is 0 Å². The third kappa shape index (κ3) is 6.17. The van der Waals surface area contributed by atoms with Gasteiger partial charge in [0.2, 0.25) is 0 Å². The zero-order chi connectivity index (χ0) is 13.3. The van der Waals surface area contributed by atoms with E-state index in [0.717, 1.165) is 32.2 Å². The molecule has 0 atom stereocenters. The molecule has 0 radical (unpaired) electrons. The monoisotopic (exact) mass is 256 g/mol. The van der Waals surface area contributed by atoms with Gasteiger partial charge in [0, 0.05) is 33.3 Å². The number of nitrogens with one attached hydrogen (secondary N) is 2. The summed E-state index contributed by atoms with van der Waals surface area (Å²) in [6, 6.07) is 0. The SMILES string of the molecule is COCCNCCNCC1(CC(C)C)CCCC1. The van der Waals surface area contributed by atoms with Crippen LogP contribution in [0.3, 0.4) is 0 Å². The Morgan fingerprint density at radius 1 is 1.06 bits per heavy atom. The Morgan fingerprint density at radius 3 is 2.33 bits per heavy atom. The summed E-state index contributed by atoms with van der Waals surface area (Å²) in [5, 5.41) is 7.02. The Hall–Kier alpha value is -0.120. The van der Waals surface area contributed by atoms with Crippen molar-refractivity contribution in [2.24, 2.45) is 11.3 Å². The van der Waals surface area contributed by atoms with Gasteiger partial charge >= 0.3 is 0 Å². The van der Waals surface area contributed by atoms with Crippen molar-refractivity contribution in [3.8, 4) is 0 Å². The van der Waals surface area contributed by atoms with Crippen molar-refractivity contribution in [3.05, 3.63) is 0 Å². The molecule has 1 aliphatic carbocycles. The lowest BCUT2D eigenvalue weighted by Gasteiger charge is -2.31. The van der Waals surface area contributed by atoms with Crippen molar-refractivity contribution < 1.29 is 4.74 Å². The number of ether oxygens (including phenoxy) is 1. The van der Waals surface area contributed by atoms with Gasteiger partial charge < -0.3 is 15.4 Å². The first kappa shape index (κ1) is 15.9. The molecule has 0 aromatic heterocycles. The maximum Gasteiger partial charge on any atom is 0.0587 e. The molecule has 0 amide bonds. The van der Waals surface area contributed by atoms with Gasteiger partial charge in [-0.3, -0.25) is 0 Å². The average molecular weight is 256 g/mol. The second kappa shape index (κ2) is 8.89. The first-order valence-electron chi connectivity index (χ1n) is 7.59. The van der Waals surface area contributed by atoms with Crippen LogP contribution in [0.15, 0.2) is 0 Å². The highest BCUT2D eigenvalue weighted by molar-refractivity contribution is 4.87. The van der Waals surface area contributed by atoms with Gasteiger partial charge in [-0.2, -0.15) is 0 Å². The van der Waals surface area contributed by atoms with Crippen molar-refractivity contribution in [2.45, 2.75) is 46.0 Å². The van der Waals surface area contributed by atoms with E-state index in [9.17, 15) is 0 Å². The Labute approximate surface area is 113 Å². The molecule has 0 heterocycles. The first-order chi connectivity index (χ1) is 8.68. The van der Waals surface area contributed by atoms with Crippen LogP contribution >= 0.6 is 0 Å². The zero-order valence-corrected chi connectivity index (χ0v) is 12.6. The fourth-order valence-corrected chi connectivity index (χ4v) is 3.27. The van der Waals surface area contributed by atoms with Crippen LogP contribution in [0.25, 0.3) is 0 Å². The highest BCUT2D eigenvalue weighted by Gasteiger charge is 2.33. The summed E-state index contributed by atoms with van der Waals surface area (Å²) >= 11 is 0. The van der Waals surface area contributed by atoms with Crippen molar-refractivity contribution in [1.82, 2.24) is 10.6 Å². The third-order valence-corrected chi connectivity index (χ3v) is 3.97. The van der Waals surface area contributed by atoms with Gasteiger partial charge in [-0.15, -0.1) is 0 Å². The molecule has 108 valence electrons. The van der Waals surface area contributed by atoms with E-state index in [1.807, 2.05) is 0 Å². The fourth-order valence-electron chi connectivity index (χ4n) is 3.27. The topological polar surface area (TPSA) is 33.3 Å². The predicted octanol–water partition coefficient (Wildman–Crippen LogP) is 2.42. The van der Waals surface area contributed by atoms with Gasteiger partial charge in [-0.05, 0) is 30.6 Å². The number of hydrogen-bond acceptors (Lipinski definition) is 3. The summed E-state index contributed by atoms with van der Waals surface area (Å²) in [5.41, 5.74) is 0.598. The van der Waals surface area contributed by atoms with Gasteiger partial charge in [0.1, 0.15) is 0 Å². The Bertz CT molecular complexity index is 201. The maximum atomic E-state index is 5.01. The van der Waals surface area contributed by atoms with Crippen molar-refractivity contribution >= 4 is 0 Å². The van der Waals surface area contributed by atoms with Crippen LogP contribution in [0.5, 0.6) is 0 Å². The predicted molar refractivity (Wildman–Crippen MR) is 78.0 cm³/mol. The van der Waals surface area contributed by atoms with Crippen LogP contribution < -0.4 is 10.6 Å². The Kier molecular flexibility index (Phi) is 7.87. The summed E-state index contributed by atoms with van der Waals surface area (Å²) in [5.74, 6) is 0.824.